The number of nitrogens with one attached hydrogen (secondary N) is 1. The summed E-state index contributed by atoms with van der Waals surface area (Å²) in [6.45, 7) is 3.26. The first kappa shape index (κ1) is 20.3. The Kier molecular flexibility index (Phi) is 7.08. The maximum atomic E-state index is 14.0. The van der Waals surface area contributed by atoms with Crippen molar-refractivity contribution in [3.05, 3.63) is 35.4 Å². The molecule has 26 heavy (non-hydrogen) atoms. The number of hydrogen-bond acceptors (Lipinski definition) is 3. The molecular weight excluding hydrogens is 340 g/mol. The molecule has 1 fully saturated rings. The summed E-state index contributed by atoms with van der Waals surface area (Å²) >= 11 is 0. The fraction of sp³-hybridized carbons (Fsp3) is 0.579. The largest absolute Gasteiger partial charge is 0.346 e. The van der Waals surface area contributed by atoms with E-state index in [9.17, 15) is 18.4 Å². The van der Waals surface area contributed by atoms with E-state index >= 15 is 0 Å². The number of benzene rings is 1. The summed E-state index contributed by atoms with van der Waals surface area (Å²) in [6, 6.07) is 2.88. The number of halogens is 2. The highest BCUT2D eigenvalue weighted by atomic mass is 19.1. The molecule has 1 aromatic carbocycles. The van der Waals surface area contributed by atoms with Crippen molar-refractivity contribution in [1.82, 2.24) is 10.2 Å². The average Bonchev–Trinajstić information content (AvgIpc) is 3.12. The fourth-order valence-corrected chi connectivity index (χ4v) is 3.18. The Morgan fingerprint density at radius 3 is 2.35 bits per heavy atom. The maximum Gasteiger partial charge on any atom is 0.242 e. The van der Waals surface area contributed by atoms with Crippen molar-refractivity contribution in [3.63, 3.8) is 0 Å². The van der Waals surface area contributed by atoms with Gasteiger partial charge < -0.3 is 16.0 Å². The first-order valence-electron chi connectivity index (χ1n) is 9.07. The van der Waals surface area contributed by atoms with E-state index in [1.807, 2.05) is 13.8 Å². The highest BCUT2D eigenvalue weighted by Gasteiger charge is 2.29. The molecule has 1 aliphatic carbocycles. The average molecular weight is 367 g/mol. The first-order valence-corrected chi connectivity index (χ1v) is 9.07. The van der Waals surface area contributed by atoms with Crippen LogP contribution in [0.1, 0.15) is 45.1 Å². The Morgan fingerprint density at radius 2 is 1.81 bits per heavy atom. The van der Waals surface area contributed by atoms with Crippen LogP contribution in [0.25, 0.3) is 0 Å². The number of amides is 2. The van der Waals surface area contributed by atoms with Crippen LogP contribution in [-0.2, 0) is 16.1 Å². The minimum absolute atomic E-state index is 0.0523. The number of rotatable bonds is 7. The summed E-state index contributed by atoms with van der Waals surface area (Å²) in [7, 11) is 0. The molecule has 0 spiro atoms. The molecule has 2 rings (SSSR count). The lowest BCUT2D eigenvalue weighted by Crippen LogP contribution is -2.49. The normalized spacial score (nSPS) is 15.9. The van der Waals surface area contributed by atoms with Crippen molar-refractivity contribution < 1.29 is 18.4 Å². The molecule has 0 radical (unpaired) electrons. The smallest absolute Gasteiger partial charge is 0.242 e. The number of hydrogen-bond donors (Lipinski definition) is 2. The van der Waals surface area contributed by atoms with E-state index in [0.717, 1.165) is 25.7 Å². The summed E-state index contributed by atoms with van der Waals surface area (Å²) in [5.74, 6) is -2.16. The fourth-order valence-electron chi connectivity index (χ4n) is 3.18. The van der Waals surface area contributed by atoms with E-state index in [-0.39, 0.29) is 36.5 Å². The Balaban J connectivity index is 2.09. The predicted octanol–water partition coefficient (Wildman–Crippen LogP) is 2.34. The molecule has 0 saturated heterocycles. The number of nitrogens with zero attached hydrogens (tertiary/aromatic N) is 1. The Morgan fingerprint density at radius 1 is 1.23 bits per heavy atom. The second-order valence-corrected chi connectivity index (χ2v) is 7.15. The number of carbonyl (C=O) groups excluding carboxylic acids is 2. The van der Waals surface area contributed by atoms with Gasteiger partial charge in [0.25, 0.3) is 0 Å². The summed E-state index contributed by atoms with van der Waals surface area (Å²) in [4.78, 5) is 26.1. The summed E-state index contributed by atoms with van der Waals surface area (Å²) in [5.41, 5.74) is 5.64. The number of nitrogens with two attached hydrogens (primary N) is 1. The molecule has 0 heterocycles. The molecule has 0 bridgehead atoms. The van der Waals surface area contributed by atoms with Gasteiger partial charge in [0.05, 0.1) is 19.1 Å². The van der Waals surface area contributed by atoms with Crippen LogP contribution in [0.3, 0.4) is 0 Å². The van der Waals surface area contributed by atoms with Crippen LogP contribution >= 0.6 is 0 Å². The third-order valence-electron chi connectivity index (χ3n) is 4.91. The van der Waals surface area contributed by atoms with Gasteiger partial charge in [-0.1, -0.05) is 32.8 Å². The molecular formula is C19H27F2N3O2. The van der Waals surface area contributed by atoms with Crippen LogP contribution in [-0.4, -0.2) is 35.3 Å². The van der Waals surface area contributed by atoms with E-state index in [1.165, 1.54) is 23.1 Å². The minimum Gasteiger partial charge on any atom is -0.346 e. The van der Waals surface area contributed by atoms with Crippen molar-refractivity contribution in [1.29, 1.82) is 0 Å². The lowest BCUT2D eigenvalue weighted by Gasteiger charge is -2.30. The Hall–Kier alpha value is -2.02. The molecule has 0 aromatic heterocycles. The van der Waals surface area contributed by atoms with Crippen molar-refractivity contribution in [3.8, 4) is 0 Å². The maximum absolute atomic E-state index is 14.0. The van der Waals surface area contributed by atoms with Gasteiger partial charge >= 0.3 is 0 Å². The zero-order valence-corrected chi connectivity index (χ0v) is 15.3. The van der Waals surface area contributed by atoms with Crippen LogP contribution in [0.2, 0.25) is 0 Å². The zero-order chi connectivity index (χ0) is 19.3. The zero-order valence-electron chi connectivity index (χ0n) is 15.3. The lowest BCUT2D eigenvalue weighted by atomic mass is 10.1. The van der Waals surface area contributed by atoms with Gasteiger partial charge in [0.2, 0.25) is 11.8 Å². The molecule has 144 valence electrons. The van der Waals surface area contributed by atoms with Gasteiger partial charge in [0.15, 0.2) is 0 Å². The monoisotopic (exact) mass is 367 g/mol. The van der Waals surface area contributed by atoms with Crippen molar-refractivity contribution >= 4 is 11.8 Å². The summed E-state index contributed by atoms with van der Waals surface area (Å²) in [5, 5.41) is 2.54. The third-order valence-corrected chi connectivity index (χ3v) is 4.91. The van der Waals surface area contributed by atoms with E-state index < -0.39 is 23.6 Å². The van der Waals surface area contributed by atoms with Crippen LogP contribution in [0.5, 0.6) is 0 Å². The van der Waals surface area contributed by atoms with Gasteiger partial charge in [-0.2, -0.15) is 0 Å². The molecule has 5 nitrogen and oxygen atoms in total. The first-order chi connectivity index (χ1) is 12.3. The molecule has 0 aliphatic heterocycles. The molecule has 1 saturated carbocycles. The van der Waals surface area contributed by atoms with Crippen LogP contribution < -0.4 is 11.1 Å². The van der Waals surface area contributed by atoms with Crippen molar-refractivity contribution in [2.45, 2.75) is 58.2 Å². The molecule has 1 aromatic rings. The van der Waals surface area contributed by atoms with Gasteiger partial charge in [-0.3, -0.25) is 9.59 Å². The van der Waals surface area contributed by atoms with Gasteiger partial charge in [0.1, 0.15) is 11.6 Å². The van der Waals surface area contributed by atoms with E-state index in [0.29, 0.717) is 0 Å². The Bertz CT molecular complexity index is 625. The van der Waals surface area contributed by atoms with Gasteiger partial charge in [-0.25, -0.2) is 8.78 Å². The topological polar surface area (TPSA) is 75.4 Å². The Labute approximate surface area is 152 Å². The van der Waals surface area contributed by atoms with E-state index in [1.54, 1.807) is 0 Å². The van der Waals surface area contributed by atoms with Crippen LogP contribution in [0, 0.1) is 17.6 Å². The van der Waals surface area contributed by atoms with Gasteiger partial charge in [0, 0.05) is 11.6 Å². The molecule has 0 unspecified atom stereocenters. The van der Waals surface area contributed by atoms with E-state index in [2.05, 4.69) is 5.32 Å². The molecule has 1 atom stereocenters. The lowest BCUT2D eigenvalue weighted by molar-refractivity contribution is -0.135. The van der Waals surface area contributed by atoms with Gasteiger partial charge in [-0.05, 0) is 30.9 Å². The predicted molar refractivity (Wildman–Crippen MR) is 95.0 cm³/mol. The standard InChI is InChI=1S/C19H27F2N3O2/c1-12(2)18(22)19(26)23-10-17(25)24(13-6-3-4-7-13)11-14-15(20)8-5-9-16(14)21/h5,8-9,12-13,18H,3-4,6-7,10-11,22H2,1-2H3,(H,23,26)/t18-/m0/s1. The third kappa shape index (κ3) is 5.00. The quantitative estimate of drug-likeness (QED) is 0.777. The van der Waals surface area contributed by atoms with E-state index in [4.69, 9.17) is 5.73 Å². The van der Waals surface area contributed by atoms with Crippen molar-refractivity contribution in [2.75, 3.05) is 6.54 Å². The molecule has 3 N–H and O–H groups in total. The number of carbonyl (C=O) groups is 2. The van der Waals surface area contributed by atoms with Crippen LogP contribution in [0.15, 0.2) is 18.2 Å². The summed E-state index contributed by atoms with van der Waals surface area (Å²) < 4.78 is 28.0. The second kappa shape index (κ2) is 9.07. The molecule has 1 aliphatic rings. The second-order valence-electron chi connectivity index (χ2n) is 7.15. The van der Waals surface area contributed by atoms with Gasteiger partial charge in [-0.15, -0.1) is 0 Å². The van der Waals surface area contributed by atoms with Crippen LogP contribution in [0.4, 0.5) is 8.78 Å². The summed E-state index contributed by atoms with van der Waals surface area (Å²) in [6.07, 6.45) is 3.53. The highest BCUT2D eigenvalue weighted by molar-refractivity contribution is 5.87. The molecule has 2 amide bonds. The van der Waals surface area contributed by atoms with Crippen molar-refractivity contribution in [2.24, 2.45) is 11.7 Å². The SMILES string of the molecule is CC(C)[C@H](N)C(=O)NCC(=O)N(Cc1c(F)cccc1F)C1CCCC1. The highest BCUT2D eigenvalue weighted by Crippen LogP contribution is 2.26. The minimum atomic E-state index is -0.702. The molecule has 7 heteroatoms.